The van der Waals surface area contributed by atoms with Gasteiger partial charge in [-0.05, 0) is 19.9 Å². The van der Waals surface area contributed by atoms with Crippen molar-refractivity contribution in [2.24, 2.45) is 5.73 Å². The third-order valence-electron chi connectivity index (χ3n) is 2.14. The molecule has 0 aliphatic rings. The van der Waals surface area contributed by atoms with Gasteiger partial charge in [0.05, 0.1) is 30.3 Å². The van der Waals surface area contributed by atoms with Crippen LogP contribution in [0.1, 0.15) is 19.4 Å². The lowest BCUT2D eigenvalue weighted by Gasteiger charge is -2.06. The van der Waals surface area contributed by atoms with Gasteiger partial charge in [0, 0.05) is 0 Å². The Morgan fingerprint density at radius 1 is 1.50 bits per heavy atom. The first-order chi connectivity index (χ1) is 8.58. The Balaban J connectivity index is 2.37. The summed E-state index contributed by atoms with van der Waals surface area (Å²) in [6.07, 6.45) is 4.81. The zero-order valence-electron chi connectivity index (χ0n) is 10.2. The predicted molar refractivity (Wildman–Crippen MR) is 65.9 cm³/mol. The summed E-state index contributed by atoms with van der Waals surface area (Å²) in [5.74, 6) is 0.954. The van der Waals surface area contributed by atoms with E-state index in [0.29, 0.717) is 17.1 Å². The number of rotatable bonds is 4. The van der Waals surface area contributed by atoms with Gasteiger partial charge >= 0.3 is 0 Å². The molecule has 18 heavy (non-hydrogen) atoms. The number of hydrogen-bond acceptors (Lipinski definition) is 5. The number of hydrogen-bond donors (Lipinski definition) is 2. The van der Waals surface area contributed by atoms with Crippen molar-refractivity contribution in [3.8, 4) is 11.6 Å². The second-order valence-electron chi connectivity index (χ2n) is 3.97. The summed E-state index contributed by atoms with van der Waals surface area (Å²) in [5.41, 5.74) is 5.96. The van der Waals surface area contributed by atoms with Crippen molar-refractivity contribution >= 4 is 5.84 Å². The molecule has 0 bridgehead atoms. The molecular formula is C11H14N6O. The lowest BCUT2D eigenvalue weighted by molar-refractivity contribution is 0.242. The molecule has 2 aromatic heterocycles. The molecule has 2 heterocycles. The van der Waals surface area contributed by atoms with Crippen LogP contribution in [0.4, 0.5) is 0 Å². The molecule has 0 atom stereocenters. The van der Waals surface area contributed by atoms with E-state index in [1.165, 1.54) is 10.9 Å². The van der Waals surface area contributed by atoms with Crippen LogP contribution in [0.25, 0.3) is 5.82 Å². The lowest BCUT2D eigenvalue weighted by Crippen LogP contribution is -2.16. The molecule has 3 N–H and O–H groups in total. The minimum Gasteiger partial charge on any atom is -0.488 e. The molecule has 0 aliphatic carbocycles. The van der Waals surface area contributed by atoms with E-state index in [-0.39, 0.29) is 11.9 Å². The predicted octanol–water partition coefficient (Wildman–Crippen LogP) is 0.734. The Labute approximate surface area is 104 Å². The van der Waals surface area contributed by atoms with Crippen molar-refractivity contribution in [1.29, 1.82) is 5.41 Å². The van der Waals surface area contributed by atoms with Crippen LogP contribution in [-0.2, 0) is 0 Å². The Morgan fingerprint density at radius 2 is 2.28 bits per heavy atom. The maximum Gasteiger partial charge on any atom is 0.186 e. The second kappa shape index (κ2) is 4.82. The van der Waals surface area contributed by atoms with Crippen LogP contribution >= 0.6 is 0 Å². The fraction of sp³-hybridized carbons (Fsp3) is 0.273. The molecule has 0 spiro atoms. The lowest BCUT2D eigenvalue weighted by atomic mass is 10.2. The first-order valence-electron chi connectivity index (χ1n) is 5.45. The zero-order valence-corrected chi connectivity index (χ0v) is 10.2. The second-order valence-corrected chi connectivity index (χ2v) is 3.97. The van der Waals surface area contributed by atoms with Gasteiger partial charge in [0.1, 0.15) is 5.84 Å². The molecule has 0 fully saturated rings. The largest absolute Gasteiger partial charge is 0.488 e. The Kier molecular flexibility index (Phi) is 3.22. The normalized spacial score (nSPS) is 10.6. The molecule has 0 amide bonds. The van der Waals surface area contributed by atoms with Crippen LogP contribution in [0.5, 0.6) is 5.75 Å². The van der Waals surface area contributed by atoms with E-state index in [4.69, 9.17) is 15.9 Å². The van der Waals surface area contributed by atoms with E-state index in [9.17, 15) is 0 Å². The van der Waals surface area contributed by atoms with Crippen LogP contribution < -0.4 is 10.5 Å². The summed E-state index contributed by atoms with van der Waals surface area (Å²) in [6.45, 7) is 3.86. The van der Waals surface area contributed by atoms with E-state index in [1.54, 1.807) is 18.5 Å². The van der Waals surface area contributed by atoms with Crippen LogP contribution in [0.15, 0.2) is 24.7 Å². The standard InChI is InChI=1S/C11H14N6O/c1-7(2)18-8-5-15-17(6-8)11-9(10(12)13)3-4-14-16-11/h3-7H,1-2H3,(H3,12,13). The highest BCUT2D eigenvalue weighted by Gasteiger charge is 2.11. The fourth-order valence-corrected chi connectivity index (χ4v) is 1.46. The molecule has 0 radical (unpaired) electrons. The molecular weight excluding hydrogens is 232 g/mol. The molecule has 0 unspecified atom stereocenters. The fourth-order valence-electron chi connectivity index (χ4n) is 1.46. The Bertz CT molecular complexity index is 562. The van der Waals surface area contributed by atoms with Gasteiger partial charge in [-0.3, -0.25) is 5.41 Å². The number of ether oxygens (including phenoxy) is 1. The molecule has 7 nitrogen and oxygen atoms in total. The third kappa shape index (κ3) is 2.45. The number of nitrogen functional groups attached to an aromatic ring is 1. The van der Waals surface area contributed by atoms with Crippen LogP contribution in [0.2, 0.25) is 0 Å². The van der Waals surface area contributed by atoms with Gasteiger partial charge < -0.3 is 10.5 Å². The van der Waals surface area contributed by atoms with E-state index in [2.05, 4.69) is 15.3 Å². The SMILES string of the molecule is CC(C)Oc1cnn(-c2nnccc2C(=N)N)c1. The van der Waals surface area contributed by atoms with Crippen molar-refractivity contribution in [3.63, 3.8) is 0 Å². The zero-order chi connectivity index (χ0) is 13.1. The molecule has 0 aliphatic heterocycles. The minimum absolute atomic E-state index is 0.0665. The van der Waals surface area contributed by atoms with Crippen molar-refractivity contribution in [2.75, 3.05) is 0 Å². The number of nitrogens with one attached hydrogen (secondary N) is 1. The third-order valence-corrected chi connectivity index (χ3v) is 2.14. The van der Waals surface area contributed by atoms with Crippen molar-refractivity contribution < 1.29 is 4.74 Å². The number of nitrogens with zero attached hydrogens (tertiary/aromatic N) is 4. The van der Waals surface area contributed by atoms with E-state index in [1.807, 2.05) is 13.8 Å². The van der Waals surface area contributed by atoms with Gasteiger partial charge in [-0.2, -0.15) is 10.2 Å². The summed E-state index contributed by atoms with van der Waals surface area (Å²) in [7, 11) is 0. The average molecular weight is 246 g/mol. The quantitative estimate of drug-likeness (QED) is 0.611. The monoisotopic (exact) mass is 246 g/mol. The van der Waals surface area contributed by atoms with Crippen LogP contribution in [-0.4, -0.2) is 31.9 Å². The summed E-state index contributed by atoms with van der Waals surface area (Å²) in [5, 5.41) is 19.3. The van der Waals surface area contributed by atoms with Gasteiger partial charge in [0.25, 0.3) is 0 Å². The first kappa shape index (κ1) is 12.0. The van der Waals surface area contributed by atoms with Crippen molar-refractivity contribution in [1.82, 2.24) is 20.0 Å². The summed E-state index contributed by atoms with van der Waals surface area (Å²) >= 11 is 0. The highest BCUT2D eigenvalue weighted by Crippen LogP contribution is 2.15. The summed E-state index contributed by atoms with van der Waals surface area (Å²) in [4.78, 5) is 0. The van der Waals surface area contributed by atoms with Crippen LogP contribution in [0, 0.1) is 5.41 Å². The summed E-state index contributed by atoms with van der Waals surface area (Å²) < 4.78 is 6.99. The summed E-state index contributed by atoms with van der Waals surface area (Å²) in [6, 6.07) is 1.62. The average Bonchev–Trinajstić information content (AvgIpc) is 2.76. The molecule has 0 saturated heterocycles. The number of aromatic nitrogens is 4. The van der Waals surface area contributed by atoms with Gasteiger partial charge in [-0.1, -0.05) is 0 Å². The smallest absolute Gasteiger partial charge is 0.186 e. The highest BCUT2D eigenvalue weighted by molar-refractivity contribution is 5.97. The van der Waals surface area contributed by atoms with E-state index >= 15 is 0 Å². The molecule has 2 aromatic rings. The van der Waals surface area contributed by atoms with Crippen molar-refractivity contribution in [2.45, 2.75) is 20.0 Å². The van der Waals surface area contributed by atoms with E-state index < -0.39 is 0 Å². The van der Waals surface area contributed by atoms with Crippen LogP contribution in [0.3, 0.4) is 0 Å². The first-order valence-corrected chi connectivity index (χ1v) is 5.45. The minimum atomic E-state index is -0.0817. The maximum atomic E-state index is 7.48. The molecule has 0 saturated carbocycles. The molecule has 94 valence electrons. The maximum absolute atomic E-state index is 7.48. The topological polar surface area (TPSA) is 103 Å². The van der Waals surface area contributed by atoms with Crippen molar-refractivity contribution in [3.05, 3.63) is 30.2 Å². The Morgan fingerprint density at radius 3 is 2.94 bits per heavy atom. The molecule has 0 aromatic carbocycles. The van der Waals surface area contributed by atoms with Gasteiger partial charge in [-0.25, -0.2) is 4.68 Å². The molecule has 2 rings (SSSR count). The van der Waals surface area contributed by atoms with Gasteiger partial charge in [0.15, 0.2) is 11.6 Å². The van der Waals surface area contributed by atoms with Gasteiger partial charge in [-0.15, -0.1) is 5.10 Å². The Hall–Kier alpha value is -2.44. The highest BCUT2D eigenvalue weighted by atomic mass is 16.5. The van der Waals surface area contributed by atoms with Gasteiger partial charge in [0.2, 0.25) is 0 Å². The number of amidine groups is 1. The number of nitrogens with two attached hydrogens (primary N) is 1. The molecule has 7 heteroatoms. The van der Waals surface area contributed by atoms with E-state index in [0.717, 1.165) is 0 Å².